The van der Waals surface area contributed by atoms with Gasteiger partial charge in [0.05, 0.1) is 25.2 Å². The van der Waals surface area contributed by atoms with Crippen molar-refractivity contribution < 1.29 is 4.74 Å². The van der Waals surface area contributed by atoms with E-state index in [0.717, 1.165) is 5.56 Å². The highest BCUT2D eigenvalue weighted by atomic mass is 16.5. The van der Waals surface area contributed by atoms with Crippen molar-refractivity contribution in [3.63, 3.8) is 0 Å². The number of nitriles is 1. The van der Waals surface area contributed by atoms with Crippen molar-refractivity contribution in [2.45, 2.75) is 12.5 Å². The van der Waals surface area contributed by atoms with Crippen LogP contribution in [0.3, 0.4) is 0 Å². The summed E-state index contributed by atoms with van der Waals surface area (Å²) < 4.78 is 5.47. The van der Waals surface area contributed by atoms with Gasteiger partial charge in [0.15, 0.2) is 0 Å². The Morgan fingerprint density at radius 3 is 2.64 bits per heavy atom. The first-order valence-corrected chi connectivity index (χ1v) is 4.62. The van der Waals surface area contributed by atoms with Crippen LogP contribution in [0.1, 0.15) is 18.1 Å². The molecule has 0 bridgehead atoms. The van der Waals surface area contributed by atoms with Gasteiger partial charge >= 0.3 is 0 Å². The van der Waals surface area contributed by atoms with Gasteiger partial charge in [0.25, 0.3) is 0 Å². The molecule has 0 radical (unpaired) electrons. The molecule has 14 heavy (non-hydrogen) atoms. The second-order valence-electron chi connectivity index (χ2n) is 2.91. The summed E-state index contributed by atoms with van der Waals surface area (Å²) in [5, 5.41) is 8.36. The molecule has 0 aliphatic heterocycles. The van der Waals surface area contributed by atoms with Gasteiger partial charge in [0, 0.05) is 6.54 Å². The number of nitrogens with two attached hydrogens (primary N) is 1. The number of benzene rings is 1. The largest absolute Gasteiger partial charge is 0.371 e. The maximum atomic E-state index is 8.36. The maximum Gasteiger partial charge on any atom is 0.0947 e. The molecule has 1 aromatic carbocycles. The molecule has 0 heterocycles. The Kier molecular flexibility index (Phi) is 4.70. The lowest BCUT2D eigenvalue weighted by Gasteiger charge is -2.15. The molecule has 0 unspecified atom stereocenters. The lowest BCUT2D eigenvalue weighted by molar-refractivity contribution is 0.0627. The van der Waals surface area contributed by atoms with E-state index in [-0.39, 0.29) is 6.10 Å². The van der Waals surface area contributed by atoms with Gasteiger partial charge in [0.2, 0.25) is 0 Å². The molecule has 0 saturated carbocycles. The van der Waals surface area contributed by atoms with Crippen molar-refractivity contribution in [2.24, 2.45) is 5.73 Å². The molecule has 0 aromatic heterocycles. The Balaban J connectivity index is 2.51. The van der Waals surface area contributed by atoms with E-state index < -0.39 is 0 Å². The molecule has 0 amide bonds. The summed E-state index contributed by atoms with van der Waals surface area (Å²) in [4.78, 5) is 0. The molecule has 0 aliphatic carbocycles. The van der Waals surface area contributed by atoms with E-state index in [9.17, 15) is 0 Å². The summed E-state index contributed by atoms with van der Waals surface area (Å²) in [7, 11) is 0. The topological polar surface area (TPSA) is 59.0 Å². The summed E-state index contributed by atoms with van der Waals surface area (Å²) >= 11 is 0. The van der Waals surface area contributed by atoms with Crippen LogP contribution < -0.4 is 5.73 Å². The predicted octanol–water partition coefficient (Wildman–Crippen LogP) is 1.62. The van der Waals surface area contributed by atoms with Crippen LogP contribution in [-0.4, -0.2) is 13.2 Å². The molecule has 0 spiro atoms. The second kappa shape index (κ2) is 6.14. The summed E-state index contributed by atoms with van der Waals surface area (Å²) in [6.45, 7) is 0.878. The second-order valence-corrected chi connectivity index (χ2v) is 2.91. The van der Waals surface area contributed by atoms with Crippen molar-refractivity contribution in [1.29, 1.82) is 5.26 Å². The summed E-state index contributed by atoms with van der Waals surface area (Å²) in [5.41, 5.74) is 6.64. The first-order chi connectivity index (χ1) is 6.88. The fourth-order valence-corrected chi connectivity index (χ4v) is 1.21. The van der Waals surface area contributed by atoms with Crippen LogP contribution in [0.5, 0.6) is 0 Å². The zero-order valence-corrected chi connectivity index (χ0v) is 8.02. The Labute approximate surface area is 84.1 Å². The molecule has 1 rings (SSSR count). The van der Waals surface area contributed by atoms with Crippen LogP contribution in [0.2, 0.25) is 0 Å². The highest BCUT2D eigenvalue weighted by Crippen LogP contribution is 2.15. The maximum absolute atomic E-state index is 8.36. The lowest BCUT2D eigenvalue weighted by Crippen LogP contribution is -2.16. The molecule has 0 fully saturated rings. The Hall–Kier alpha value is -1.37. The standard InChI is InChI=1S/C11H14N2O/c12-7-4-8-14-11(9-13)10-5-2-1-3-6-10/h1-3,5-6,11H,4,8-9,13H2/t11-/m1/s1. The minimum atomic E-state index is -0.0930. The number of nitrogens with zero attached hydrogens (tertiary/aromatic N) is 1. The fourth-order valence-electron chi connectivity index (χ4n) is 1.21. The van der Waals surface area contributed by atoms with E-state index >= 15 is 0 Å². The van der Waals surface area contributed by atoms with E-state index in [1.54, 1.807) is 0 Å². The summed E-state index contributed by atoms with van der Waals surface area (Å²) in [5.74, 6) is 0. The van der Waals surface area contributed by atoms with Gasteiger partial charge in [-0.2, -0.15) is 5.26 Å². The van der Waals surface area contributed by atoms with E-state index in [1.165, 1.54) is 0 Å². The van der Waals surface area contributed by atoms with Crippen molar-refractivity contribution in [3.8, 4) is 6.07 Å². The van der Waals surface area contributed by atoms with Gasteiger partial charge in [-0.3, -0.25) is 0 Å². The van der Waals surface area contributed by atoms with E-state index in [2.05, 4.69) is 0 Å². The van der Waals surface area contributed by atoms with Crippen LogP contribution in [0.25, 0.3) is 0 Å². The molecular formula is C11H14N2O. The fraction of sp³-hybridized carbons (Fsp3) is 0.364. The highest BCUT2D eigenvalue weighted by molar-refractivity contribution is 5.17. The average Bonchev–Trinajstić information content (AvgIpc) is 2.26. The molecule has 3 heteroatoms. The normalized spacial score (nSPS) is 12.0. The number of ether oxygens (including phenoxy) is 1. The Morgan fingerprint density at radius 1 is 1.36 bits per heavy atom. The van der Waals surface area contributed by atoms with Crippen molar-refractivity contribution in [1.82, 2.24) is 0 Å². The monoisotopic (exact) mass is 190 g/mol. The van der Waals surface area contributed by atoms with Gasteiger partial charge in [-0.25, -0.2) is 0 Å². The molecule has 74 valence electrons. The smallest absolute Gasteiger partial charge is 0.0947 e. The van der Waals surface area contributed by atoms with Crippen LogP contribution >= 0.6 is 0 Å². The Morgan fingerprint density at radius 2 is 2.07 bits per heavy atom. The zero-order valence-electron chi connectivity index (χ0n) is 8.02. The van der Waals surface area contributed by atoms with Gasteiger partial charge in [-0.05, 0) is 5.56 Å². The van der Waals surface area contributed by atoms with Crippen molar-refractivity contribution >= 4 is 0 Å². The minimum Gasteiger partial charge on any atom is -0.371 e. The first kappa shape index (κ1) is 10.7. The van der Waals surface area contributed by atoms with E-state index in [0.29, 0.717) is 19.6 Å². The number of hydrogen-bond acceptors (Lipinski definition) is 3. The molecule has 2 N–H and O–H groups in total. The SMILES string of the molecule is N#CCCO[C@H](CN)c1ccccc1. The Bertz CT molecular complexity index is 292. The summed E-state index contributed by atoms with van der Waals surface area (Å²) in [6.07, 6.45) is 0.313. The molecule has 1 atom stereocenters. The number of hydrogen-bond donors (Lipinski definition) is 1. The van der Waals surface area contributed by atoms with Crippen molar-refractivity contribution in [3.05, 3.63) is 35.9 Å². The van der Waals surface area contributed by atoms with Crippen LogP contribution in [0.15, 0.2) is 30.3 Å². The average molecular weight is 190 g/mol. The van der Waals surface area contributed by atoms with Gasteiger partial charge in [0.1, 0.15) is 0 Å². The first-order valence-electron chi connectivity index (χ1n) is 4.62. The van der Waals surface area contributed by atoms with Crippen LogP contribution in [0, 0.1) is 11.3 Å². The van der Waals surface area contributed by atoms with E-state index in [4.69, 9.17) is 15.7 Å². The van der Waals surface area contributed by atoms with Crippen molar-refractivity contribution in [2.75, 3.05) is 13.2 Å². The highest BCUT2D eigenvalue weighted by Gasteiger charge is 2.08. The van der Waals surface area contributed by atoms with Crippen LogP contribution in [-0.2, 0) is 4.74 Å². The van der Waals surface area contributed by atoms with Gasteiger partial charge in [-0.1, -0.05) is 30.3 Å². The summed E-state index contributed by atoms with van der Waals surface area (Å²) in [6, 6.07) is 11.8. The molecule has 0 aliphatic rings. The molecule has 0 saturated heterocycles. The lowest BCUT2D eigenvalue weighted by atomic mass is 10.1. The van der Waals surface area contributed by atoms with Crippen LogP contribution in [0.4, 0.5) is 0 Å². The minimum absolute atomic E-state index is 0.0930. The zero-order chi connectivity index (χ0) is 10.2. The van der Waals surface area contributed by atoms with E-state index in [1.807, 2.05) is 36.4 Å². The number of rotatable bonds is 5. The third kappa shape index (κ3) is 3.17. The van der Waals surface area contributed by atoms with Gasteiger partial charge < -0.3 is 10.5 Å². The van der Waals surface area contributed by atoms with Gasteiger partial charge in [-0.15, -0.1) is 0 Å². The quantitative estimate of drug-likeness (QED) is 0.718. The third-order valence-electron chi connectivity index (χ3n) is 1.92. The molecule has 1 aromatic rings. The predicted molar refractivity (Wildman–Crippen MR) is 54.4 cm³/mol. The third-order valence-corrected chi connectivity index (χ3v) is 1.92. The molecule has 3 nitrogen and oxygen atoms in total. The molecular weight excluding hydrogens is 176 g/mol.